The third-order valence-corrected chi connectivity index (χ3v) is 13.5. The normalized spacial score (nSPS) is 56.0. The Labute approximate surface area is 274 Å². The summed E-state index contributed by atoms with van der Waals surface area (Å²) in [6.07, 6.45) is -3.40. The van der Waals surface area contributed by atoms with E-state index in [0.717, 1.165) is 5.57 Å². The molecule has 0 bridgehead atoms. The number of rotatable bonds is 3. The molecule has 13 heteroatoms. The summed E-state index contributed by atoms with van der Waals surface area (Å²) in [6, 6.07) is 0. The largest absolute Gasteiger partial charge is 0.458 e. The summed E-state index contributed by atoms with van der Waals surface area (Å²) >= 11 is 0. The lowest BCUT2D eigenvalue weighted by Gasteiger charge is -2.71. The predicted molar refractivity (Wildman–Crippen MR) is 159 cm³/mol. The van der Waals surface area contributed by atoms with Crippen LogP contribution in [0, 0.1) is 28.6 Å². The van der Waals surface area contributed by atoms with Crippen molar-refractivity contribution in [3.63, 3.8) is 0 Å². The average Bonchev–Trinajstić information content (AvgIpc) is 3.62. The van der Waals surface area contributed by atoms with Gasteiger partial charge in [0.2, 0.25) is 0 Å². The van der Waals surface area contributed by atoms with Gasteiger partial charge in [-0.2, -0.15) is 0 Å². The Morgan fingerprint density at radius 3 is 2.38 bits per heavy atom. The lowest BCUT2D eigenvalue weighted by Crippen LogP contribution is -2.78. The number of esters is 1. The summed E-state index contributed by atoms with van der Waals surface area (Å²) in [4.78, 5) is 12.0. The van der Waals surface area contributed by atoms with Gasteiger partial charge in [-0.25, -0.2) is 4.79 Å². The molecule has 1 spiro atoms. The first-order valence-electron chi connectivity index (χ1n) is 17.3. The number of aliphatic hydroxyl groups is 5. The molecular formula is C34H50O13. The molecule has 0 aromatic rings. The van der Waals surface area contributed by atoms with Gasteiger partial charge in [-0.05, 0) is 77.2 Å². The van der Waals surface area contributed by atoms with E-state index < -0.39 is 88.7 Å². The Bertz CT molecular complexity index is 1330. The van der Waals surface area contributed by atoms with Gasteiger partial charge in [0.1, 0.15) is 24.9 Å². The highest BCUT2D eigenvalue weighted by molar-refractivity contribution is 5.85. The molecule has 264 valence electrons. The molecule has 0 radical (unpaired) electrons. The van der Waals surface area contributed by atoms with Gasteiger partial charge in [0.15, 0.2) is 24.2 Å². The predicted octanol–water partition coefficient (Wildman–Crippen LogP) is 1.01. The van der Waals surface area contributed by atoms with Crippen LogP contribution in [-0.4, -0.2) is 117 Å². The van der Waals surface area contributed by atoms with Crippen molar-refractivity contribution in [1.82, 2.24) is 0 Å². The summed E-state index contributed by atoms with van der Waals surface area (Å²) in [6.45, 7) is 9.46. The van der Waals surface area contributed by atoms with Gasteiger partial charge >= 0.3 is 5.97 Å². The van der Waals surface area contributed by atoms with Gasteiger partial charge in [0, 0.05) is 30.3 Å². The highest BCUT2D eigenvalue weighted by atomic mass is 16.8. The number of cyclic esters (lactones) is 1. The zero-order chi connectivity index (χ0) is 33.5. The maximum absolute atomic E-state index is 12.8. The summed E-state index contributed by atoms with van der Waals surface area (Å²) in [5.74, 6) is -3.36. The van der Waals surface area contributed by atoms with Crippen molar-refractivity contribution in [2.75, 3.05) is 13.2 Å². The highest BCUT2D eigenvalue weighted by Crippen LogP contribution is 2.72. The van der Waals surface area contributed by atoms with Gasteiger partial charge < -0.3 is 58.7 Å². The van der Waals surface area contributed by atoms with Crippen LogP contribution >= 0.6 is 0 Å². The molecule has 0 aromatic heterocycles. The number of hydrogen-bond acceptors (Lipinski definition) is 13. The minimum atomic E-state index is -1.55. The minimum Gasteiger partial charge on any atom is -0.458 e. The second-order valence-corrected chi connectivity index (χ2v) is 16.7. The van der Waals surface area contributed by atoms with Crippen molar-refractivity contribution >= 4 is 5.97 Å². The van der Waals surface area contributed by atoms with Crippen LogP contribution < -0.4 is 0 Å². The number of aliphatic hydroxyl groups excluding tert-OH is 3. The molecular weight excluding hydrogens is 616 g/mol. The van der Waals surface area contributed by atoms with E-state index in [1.807, 2.05) is 20.8 Å². The standard InChI is InChI=1S/C34H50O13/c1-29(2)42-15-33-21(45-29)11-17(43-28-26-25(24(37)27(38)44-28)46-30(3,4)47-26)12-32(33,39)8-6-19-23(33)20(35)13-31(5)18(7-9-34(19,31)40)16-10-22(36)41-14-16/h10,17-21,23-28,35,37-40H,6-9,11-15H2,1-5H3/t17-,18+,19+,20+,21+,23+,24+,25+,26+,27+,28+,31+,32-,33+,34-/m0/s1. The quantitative estimate of drug-likeness (QED) is 0.213. The fourth-order valence-electron chi connectivity index (χ4n) is 11.6. The molecule has 0 aromatic carbocycles. The third kappa shape index (κ3) is 4.58. The molecule has 4 saturated carbocycles. The molecule has 8 aliphatic rings. The topological polar surface area (TPSA) is 183 Å². The van der Waals surface area contributed by atoms with E-state index in [-0.39, 0.29) is 37.4 Å². The Hall–Kier alpha value is -1.23. The lowest BCUT2D eigenvalue weighted by atomic mass is 9.40. The molecule has 47 heavy (non-hydrogen) atoms. The lowest BCUT2D eigenvalue weighted by molar-refractivity contribution is -0.409. The summed E-state index contributed by atoms with van der Waals surface area (Å²) < 4.78 is 42.4. The van der Waals surface area contributed by atoms with E-state index >= 15 is 0 Å². The highest BCUT2D eigenvalue weighted by Gasteiger charge is 2.77. The molecule has 8 rings (SSSR count). The zero-order valence-corrected chi connectivity index (χ0v) is 27.8. The van der Waals surface area contributed by atoms with E-state index in [4.69, 9.17) is 33.2 Å². The van der Waals surface area contributed by atoms with E-state index in [1.165, 1.54) is 0 Å². The van der Waals surface area contributed by atoms with Gasteiger partial charge in [-0.15, -0.1) is 0 Å². The van der Waals surface area contributed by atoms with Crippen molar-refractivity contribution in [3.8, 4) is 0 Å². The third-order valence-electron chi connectivity index (χ3n) is 13.5. The van der Waals surface area contributed by atoms with E-state index in [2.05, 4.69) is 0 Å². The summed E-state index contributed by atoms with van der Waals surface area (Å²) in [5, 5.41) is 58.9. The number of carbonyl (C=O) groups excluding carboxylic acids is 1. The van der Waals surface area contributed by atoms with Gasteiger partial charge in [-0.1, -0.05) is 6.92 Å². The van der Waals surface area contributed by atoms with E-state index in [0.29, 0.717) is 38.5 Å². The van der Waals surface area contributed by atoms with Crippen molar-refractivity contribution in [2.45, 2.75) is 152 Å². The molecule has 5 N–H and O–H groups in total. The molecule has 0 unspecified atom stereocenters. The molecule has 4 aliphatic carbocycles. The molecule has 15 atom stereocenters. The van der Waals surface area contributed by atoms with Crippen molar-refractivity contribution in [1.29, 1.82) is 0 Å². The van der Waals surface area contributed by atoms with Crippen molar-refractivity contribution in [3.05, 3.63) is 11.6 Å². The van der Waals surface area contributed by atoms with Crippen LogP contribution in [0.3, 0.4) is 0 Å². The van der Waals surface area contributed by atoms with Crippen LogP contribution in [0.15, 0.2) is 11.6 Å². The van der Waals surface area contributed by atoms with Crippen LogP contribution in [0.2, 0.25) is 0 Å². The van der Waals surface area contributed by atoms with Crippen molar-refractivity contribution in [2.24, 2.45) is 28.6 Å². The fourth-order valence-corrected chi connectivity index (χ4v) is 11.6. The number of fused-ring (bicyclic) bond motifs is 4. The van der Waals surface area contributed by atoms with Gasteiger partial charge in [0.25, 0.3) is 0 Å². The van der Waals surface area contributed by atoms with E-state index in [9.17, 15) is 30.3 Å². The van der Waals surface area contributed by atoms with E-state index in [1.54, 1.807) is 19.9 Å². The van der Waals surface area contributed by atoms with Crippen LogP contribution in [-0.2, 0) is 38.0 Å². The molecule has 4 aliphatic heterocycles. The molecule has 13 nitrogen and oxygen atoms in total. The minimum absolute atomic E-state index is 0.106. The number of ether oxygens (including phenoxy) is 7. The van der Waals surface area contributed by atoms with Crippen LogP contribution in [0.5, 0.6) is 0 Å². The fraction of sp³-hybridized carbons (Fsp3) is 0.912. The zero-order valence-electron chi connectivity index (χ0n) is 27.8. The maximum atomic E-state index is 12.8. The Balaban J connectivity index is 1.12. The summed E-state index contributed by atoms with van der Waals surface area (Å²) in [5.41, 5.74) is -3.41. The first-order chi connectivity index (χ1) is 21.9. The van der Waals surface area contributed by atoms with Crippen molar-refractivity contribution < 1.29 is 63.5 Å². The van der Waals surface area contributed by atoms with Crippen LogP contribution in [0.4, 0.5) is 0 Å². The first kappa shape index (κ1) is 32.9. The average molecular weight is 667 g/mol. The second kappa shape index (κ2) is 10.4. The first-order valence-corrected chi connectivity index (χ1v) is 17.3. The molecule has 0 amide bonds. The van der Waals surface area contributed by atoms with Crippen LogP contribution in [0.25, 0.3) is 0 Å². The van der Waals surface area contributed by atoms with Crippen LogP contribution in [0.1, 0.15) is 79.6 Å². The Kier molecular flexibility index (Phi) is 7.30. The number of carbonyl (C=O) groups is 1. The smallest absolute Gasteiger partial charge is 0.331 e. The van der Waals surface area contributed by atoms with Gasteiger partial charge in [-0.3, -0.25) is 0 Å². The Morgan fingerprint density at radius 1 is 0.915 bits per heavy atom. The molecule has 7 fully saturated rings. The SMILES string of the molecule is CC1(C)O[C@@H]2[C@@H](O)[C@H](O)O[C@@H](O[C@H]3C[C@H]4OC(C)(C)OC[C@]45[C@H]4[C@H](O)C[C@]6(C)[C@@H](C7=CC(=O)OC7)CC[C@]6(O)[C@@H]4CC[C@]5(O)C3)[C@@H]2O1. The number of hydrogen-bond donors (Lipinski definition) is 5. The molecule has 3 saturated heterocycles. The summed E-state index contributed by atoms with van der Waals surface area (Å²) in [7, 11) is 0. The maximum Gasteiger partial charge on any atom is 0.331 e. The Morgan fingerprint density at radius 2 is 1.66 bits per heavy atom. The molecule has 4 heterocycles. The second-order valence-electron chi connectivity index (χ2n) is 16.7. The van der Waals surface area contributed by atoms with Gasteiger partial charge in [0.05, 0.1) is 41.5 Å². The monoisotopic (exact) mass is 666 g/mol.